The molecule has 0 radical (unpaired) electrons. The molecular formula is C16H24N2O2. The first-order valence-electron chi connectivity index (χ1n) is 7.12. The van der Waals surface area contributed by atoms with Crippen molar-refractivity contribution in [2.75, 3.05) is 7.11 Å². The van der Waals surface area contributed by atoms with E-state index in [2.05, 4.69) is 31.1 Å². The van der Waals surface area contributed by atoms with E-state index in [0.29, 0.717) is 6.42 Å². The summed E-state index contributed by atoms with van der Waals surface area (Å²) in [5.74, 6) is 0.102. The summed E-state index contributed by atoms with van der Waals surface area (Å²) in [4.78, 5) is 16.1. The maximum atomic E-state index is 12.0. The highest BCUT2D eigenvalue weighted by Crippen LogP contribution is 2.51. The lowest BCUT2D eigenvalue weighted by Gasteiger charge is -2.59. The zero-order valence-corrected chi connectivity index (χ0v) is 12.8. The summed E-state index contributed by atoms with van der Waals surface area (Å²) >= 11 is 0. The number of amides is 1. The van der Waals surface area contributed by atoms with E-state index < -0.39 is 0 Å². The lowest BCUT2D eigenvalue weighted by molar-refractivity contribution is -0.182. The van der Waals surface area contributed by atoms with Gasteiger partial charge in [-0.15, -0.1) is 0 Å². The summed E-state index contributed by atoms with van der Waals surface area (Å²) in [6.07, 6.45) is 5.65. The Kier molecular flexibility index (Phi) is 4.14. The third-order valence-electron chi connectivity index (χ3n) is 4.98. The monoisotopic (exact) mass is 276 g/mol. The quantitative estimate of drug-likeness (QED) is 0.898. The summed E-state index contributed by atoms with van der Waals surface area (Å²) in [6, 6.07) is 4.08. The average molecular weight is 276 g/mol. The Bertz CT molecular complexity index is 473. The first-order chi connectivity index (χ1) is 9.39. The SMILES string of the molecule is CO[C@]1(C)C[C@@H](NC(=O)CCc2cccnc2)C1(C)C. The number of hydrogen-bond acceptors (Lipinski definition) is 3. The lowest BCUT2D eigenvalue weighted by Crippen LogP contribution is -2.68. The molecule has 0 aliphatic heterocycles. The third-order valence-corrected chi connectivity index (χ3v) is 4.98. The molecular weight excluding hydrogens is 252 g/mol. The van der Waals surface area contributed by atoms with Gasteiger partial charge in [0.1, 0.15) is 0 Å². The van der Waals surface area contributed by atoms with Crippen LogP contribution in [0.1, 0.15) is 39.2 Å². The van der Waals surface area contributed by atoms with Crippen molar-refractivity contribution in [1.29, 1.82) is 0 Å². The second-order valence-electron chi connectivity index (χ2n) is 6.34. The Morgan fingerprint density at radius 1 is 1.50 bits per heavy atom. The van der Waals surface area contributed by atoms with Crippen molar-refractivity contribution in [2.24, 2.45) is 5.41 Å². The molecule has 1 aliphatic rings. The number of ether oxygens (including phenoxy) is 1. The molecule has 1 heterocycles. The predicted octanol–water partition coefficient (Wildman–Crippen LogP) is 2.33. The molecule has 0 aromatic carbocycles. The van der Waals surface area contributed by atoms with Gasteiger partial charge in [0.25, 0.3) is 0 Å². The number of aromatic nitrogens is 1. The molecule has 1 fully saturated rings. The average Bonchev–Trinajstić information content (AvgIpc) is 2.45. The van der Waals surface area contributed by atoms with Crippen molar-refractivity contribution in [3.63, 3.8) is 0 Å². The van der Waals surface area contributed by atoms with Crippen molar-refractivity contribution in [1.82, 2.24) is 10.3 Å². The number of methoxy groups -OCH3 is 1. The number of nitrogens with zero attached hydrogens (tertiary/aromatic N) is 1. The van der Waals surface area contributed by atoms with Crippen molar-refractivity contribution < 1.29 is 9.53 Å². The van der Waals surface area contributed by atoms with Crippen LogP contribution >= 0.6 is 0 Å². The smallest absolute Gasteiger partial charge is 0.220 e. The van der Waals surface area contributed by atoms with Crippen molar-refractivity contribution in [3.8, 4) is 0 Å². The van der Waals surface area contributed by atoms with Crippen molar-refractivity contribution in [3.05, 3.63) is 30.1 Å². The molecule has 20 heavy (non-hydrogen) atoms. The van der Waals surface area contributed by atoms with Crippen molar-refractivity contribution >= 4 is 5.91 Å². The van der Waals surface area contributed by atoms with Crippen LogP contribution in [-0.2, 0) is 16.0 Å². The minimum atomic E-state index is -0.145. The minimum absolute atomic E-state index is 0.0360. The lowest BCUT2D eigenvalue weighted by atomic mass is 9.56. The van der Waals surface area contributed by atoms with Gasteiger partial charge in [0.15, 0.2) is 0 Å². The van der Waals surface area contributed by atoms with Crippen LogP contribution in [0.2, 0.25) is 0 Å². The van der Waals surface area contributed by atoms with Gasteiger partial charge in [0, 0.05) is 37.4 Å². The van der Waals surface area contributed by atoms with E-state index in [-0.39, 0.29) is 23.0 Å². The van der Waals surface area contributed by atoms with E-state index in [4.69, 9.17) is 4.74 Å². The molecule has 1 aromatic heterocycles. The number of carbonyl (C=O) groups is 1. The fraction of sp³-hybridized carbons (Fsp3) is 0.625. The predicted molar refractivity (Wildman–Crippen MR) is 78.3 cm³/mol. The van der Waals surface area contributed by atoms with Gasteiger partial charge in [-0.2, -0.15) is 0 Å². The van der Waals surface area contributed by atoms with Crippen LogP contribution in [0.3, 0.4) is 0 Å². The summed E-state index contributed by atoms with van der Waals surface area (Å²) in [5.41, 5.74) is 0.914. The molecule has 4 heteroatoms. The largest absolute Gasteiger partial charge is 0.378 e. The summed E-state index contributed by atoms with van der Waals surface area (Å²) in [5, 5.41) is 3.13. The Hall–Kier alpha value is -1.42. The molecule has 0 bridgehead atoms. The zero-order chi connectivity index (χ0) is 14.8. The Labute approximate surface area is 120 Å². The van der Waals surface area contributed by atoms with E-state index in [1.807, 2.05) is 18.3 Å². The van der Waals surface area contributed by atoms with Crippen LogP contribution in [0.4, 0.5) is 0 Å². The van der Waals surface area contributed by atoms with Gasteiger partial charge in [0.05, 0.1) is 5.60 Å². The summed E-state index contributed by atoms with van der Waals surface area (Å²) < 4.78 is 5.57. The van der Waals surface area contributed by atoms with Crippen LogP contribution in [0.15, 0.2) is 24.5 Å². The standard InChI is InChI=1S/C16H24N2O2/c1-15(2)13(10-16(15,3)20-4)18-14(19)8-7-12-6-5-9-17-11-12/h5-6,9,11,13H,7-8,10H2,1-4H3,(H,18,19)/t13-,16-/m1/s1. The number of rotatable bonds is 5. The van der Waals surface area contributed by atoms with Gasteiger partial charge in [-0.25, -0.2) is 0 Å². The van der Waals surface area contributed by atoms with Gasteiger partial charge in [-0.1, -0.05) is 19.9 Å². The van der Waals surface area contributed by atoms with Crippen LogP contribution in [-0.4, -0.2) is 29.6 Å². The molecule has 2 rings (SSSR count). The molecule has 2 atom stereocenters. The van der Waals surface area contributed by atoms with Gasteiger partial charge < -0.3 is 10.1 Å². The Morgan fingerprint density at radius 2 is 2.25 bits per heavy atom. The first-order valence-corrected chi connectivity index (χ1v) is 7.12. The first kappa shape index (κ1) is 15.0. The number of pyridine rings is 1. The molecule has 1 saturated carbocycles. The number of carbonyl (C=O) groups excluding carboxylic acids is 1. The molecule has 1 aliphatic carbocycles. The van der Waals surface area contributed by atoms with Crippen LogP contribution in [0, 0.1) is 5.41 Å². The molecule has 0 unspecified atom stereocenters. The Balaban J connectivity index is 1.82. The van der Waals surface area contributed by atoms with E-state index in [1.54, 1.807) is 13.3 Å². The maximum Gasteiger partial charge on any atom is 0.220 e. The molecule has 0 saturated heterocycles. The molecule has 1 aromatic rings. The number of nitrogens with one attached hydrogen (secondary N) is 1. The highest BCUT2D eigenvalue weighted by atomic mass is 16.5. The number of aryl methyl sites for hydroxylation is 1. The van der Waals surface area contributed by atoms with Crippen LogP contribution in [0.25, 0.3) is 0 Å². The van der Waals surface area contributed by atoms with E-state index >= 15 is 0 Å². The molecule has 110 valence electrons. The van der Waals surface area contributed by atoms with Gasteiger partial charge in [0.2, 0.25) is 5.91 Å². The third kappa shape index (κ3) is 2.70. The molecule has 1 N–H and O–H groups in total. The maximum absolute atomic E-state index is 12.0. The van der Waals surface area contributed by atoms with E-state index in [0.717, 1.165) is 18.4 Å². The zero-order valence-electron chi connectivity index (χ0n) is 12.8. The Morgan fingerprint density at radius 3 is 2.80 bits per heavy atom. The van der Waals surface area contributed by atoms with Crippen LogP contribution < -0.4 is 5.32 Å². The second kappa shape index (κ2) is 5.52. The second-order valence-corrected chi connectivity index (χ2v) is 6.34. The topological polar surface area (TPSA) is 51.2 Å². The van der Waals surface area contributed by atoms with Crippen molar-refractivity contribution in [2.45, 2.75) is 51.7 Å². The number of hydrogen-bond donors (Lipinski definition) is 1. The van der Waals surface area contributed by atoms with Gasteiger partial charge in [-0.05, 0) is 31.4 Å². The van der Waals surface area contributed by atoms with E-state index in [1.165, 1.54) is 0 Å². The van der Waals surface area contributed by atoms with Gasteiger partial charge in [-0.3, -0.25) is 9.78 Å². The summed E-state index contributed by atoms with van der Waals surface area (Å²) in [7, 11) is 1.74. The molecule has 4 nitrogen and oxygen atoms in total. The molecule has 1 amide bonds. The fourth-order valence-electron chi connectivity index (χ4n) is 2.79. The van der Waals surface area contributed by atoms with Crippen LogP contribution in [0.5, 0.6) is 0 Å². The molecule has 0 spiro atoms. The van der Waals surface area contributed by atoms with E-state index in [9.17, 15) is 4.79 Å². The fourth-order valence-corrected chi connectivity index (χ4v) is 2.79. The normalized spacial score (nSPS) is 27.7. The minimum Gasteiger partial charge on any atom is -0.378 e. The van der Waals surface area contributed by atoms with Gasteiger partial charge >= 0.3 is 0 Å². The highest BCUT2D eigenvalue weighted by Gasteiger charge is 2.58. The highest BCUT2D eigenvalue weighted by molar-refractivity contribution is 5.76. The summed E-state index contributed by atoms with van der Waals surface area (Å²) in [6.45, 7) is 6.39.